The van der Waals surface area contributed by atoms with Gasteiger partial charge in [-0.25, -0.2) is 0 Å². The van der Waals surface area contributed by atoms with E-state index in [0.717, 1.165) is 22.4 Å². The molecular weight excluding hydrogens is 376 g/mol. The van der Waals surface area contributed by atoms with Crippen LogP contribution >= 0.6 is 23.4 Å². The molecule has 0 aliphatic rings. The Kier molecular flexibility index (Phi) is 6.80. The minimum absolute atomic E-state index is 0.0914. The number of amidine groups is 1. The van der Waals surface area contributed by atoms with E-state index in [1.807, 2.05) is 73.0 Å². The molecule has 0 aromatic heterocycles. The second-order valence-electron chi connectivity index (χ2n) is 5.93. The molecule has 0 spiro atoms. The molecule has 3 aromatic carbocycles. The predicted molar refractivity (Wildman–Crippen MR) is 117 cm³/mol. The number of halogens is 1. The largest absolute Gasteiger partial charge is 0.457 e. The first kappa shape index (κ1) is 19.3. The maximum Gasteiger partial charge on any atom is 0.161 e. The Morgan fingerprint density at radius 2 is 1.52 bits per heavy atom. The molecule has 3 rings (SSSR count). The van der Waals surface area contributed by atoms with Crippen molar-refractivity contribution < 1.29 is 4.74 Å². The molecule has 0 saturated heterocycles. The summed E-state index contributed by atoms with van der Waals surface area (Å²) in [5, 5.41) is 4.93. The lowest BCUT2D eigenvalue weighted by Gasteiger charge is -2.12. The molecular formula is C22H21ClN2OS. The topological polar surface area (TPSA) is 33.6 Å². The van der Waals surface area contributed by atoms with Gasteiger partial charge in [0.25, 0.3) is 0 Å². The van der Waals surface area contributed by atoms with E-state index in [9.17, 15) is 0 Å². The number of rotatable bonds is 5. The first-order valence-corrected chi connectivity index (χ1v) is 10.2. The van der Waals surface area contributed by atoms with Gasteiger partial charge in [-0.2, -0.15) is 0 Å². The quantitative estimate of drug-likeness (QED) is 0.371. The number of hydrogen-bond acceptors (Lipinski definition) is 3. The summed E-state index contributed by atoms with van der Waals surface area (Å²) >= 11 is 7.49. The van der Waals surface area contributed by atoms with E-state index >= 15 is 0 Å². The molecule has 0 saturated carbocycles. The van der Waals surface area contributed by atoms with Gasteiger partial charge in [-0.3, -0.25) is 4.99 Å². The third-order valence-electron chi connectivity index (χ3n) is 3.94. The van der Waals surface area contributed by atoms with Gasteiger partial charge in [-0.05, 0) is 67.3 Å². The summed E-state index contributed by atoms with van der Waals surface area (Å²) < 4.78 is 5.82. The lowest BCUT2D eigenvalue weighted by atomic mass is 10.1. The number of nitrogens with zero attached hydrogens (tertiary/aromatic N) is 1. The molecule has 0 bridgehead atoms. The van der Waals surface area contributed by atoms with E-state index in [1.54, 1.807) is 11.8 Å². The molecule has 5 heteroatoms. The minimum atomic E-state index is 0.0914. The summed E-state index contributed by atoms with van der Waals surface area (Å²) in [5.41, 5.74) is 2.16. The molecule has 1 atom stereocenters. The maximum atomic E-state index is 5.90. The fraction of sp³-hybridized carbons (Fsp3) is 0.136. The Labute approximate surface area is 169 Å². The van der Waals surface area contributed by atoms with Crippen LogP contribution in [0.5, 0.6) is 11.5 Å². The highest BCUT2D eigenvalue weighted by Gasteiger charge is 2.06. The average molecular weight is 397 g/mol. The van der Waals surface area contributed by atoms with Gasteiger partial charge in [-0.15, -0.1) is 0 Å². The van der Waals surface area contributed by atoms with Gasteiger partial charge < -0.3 is 10.1 Å². The number of hydrogen-bond donors (Lipinski definition) is 1. The Hall–Kier alpha value is -2.43. The van der Waals surface area contributed by atoms with E-state index in [4.69, 9.17) is 21.3 Å². The summed E-state index contributed by atoms with van der Waals surface area (Å²) in [6.07, 6.45) is 2.02. The Balaban J connectivity index is 1.65. The highest BCUT2D eigenvalue weighted by atomic mass is 35.5. The standard InChI is InChI=1S/C22H21ClN2OS/c1-16(17-6-4-3-5-7-17)24-22(27-2)25-19-10-14-21(15-11-19)26-20-12-8-18(23)9-13-20/h3-16H,1-2H3,(H,24,25)/t16-/m1/s1. The van der Waals surface area contributed by atoms with E-state index in [-0.39, 0.29) is 6.04 Å². The Bertz CT molecular complexity index is 880. The first-order valence-electron chi connectivity index (χ1n) is 8.61. The summed E-state index contributed by atoms with van der Waals surface area (Å²) in [6, 6.07) is 25.5. The molecule has 27 heavy (non-hydrogen) atoms. The lowest BCUT2D eigenvalue weighted by molar-refractivity contribution is 0.483. The van der Waals surface area contributed by atoms with Crippen LogP contribution in [-0.2, 0) is 0 Å². The first-order chi connectivity index (χ1) is 13.1. The van der Waals surface area contributed by atoms with Crippen molar-refractivity contribution in [1.29, 1.82) is 0 Å². The van der Waals surface area contributed by atoms with E-state index in [1.165, 1.54) is 5.56 Å². The van der Waals surface area contributed by atoms with Crippen molar-refractivity contribution in [2.24, 2.45) is 4.99 Å². The van der Waals surface area contributed by atoms with Crippen molar-refractivity contribution in [3.8, 4) is 11.5 Å². The molecule has 3 aromatic rings. The van der Waals surface area contributed by atoms with Crippen molar-refractivity contribution in [2.45, 2.75) is 13.0 Å². The van der Waals surface area contributed by atoms with Crippen molar-refractivity contribution >= 4 is 34.2 Å². The fourth-order valence-corrected chi connectivity index (χ4v) is 3.10. The van der Waals surface area contributed by atoms with Crippen molar-refractivity contribution in [2.75, 3.05) is 11.6 Å². The molecule has 0 radical (unpaired) electrons. The van der Waals surface area contributed by atoms with Crippen LogP contribution < -0.4 is 10.1 Å². The van der Waals surface area contributed by atoms with Gasteiger partial charge in [0, 0.05) is 10.7 Å². The van der Waals surface area contributed by atoms with Crippen LogP contribution in [0.25, 0.3) is 0 Å². The highest BCUT2D eigenvalue weighted by molar-refractivity contribution is 8.13. The van der Waals surface area contributed by atoms with Gasteiger partial charge in [-0.1, -0.05) is 53.7 Å². The highest BCUT2D eigenvalue weighted by Crippen LogP contribution is 2.25. The van der Waals surface area contributed by atoms with Gasteiger partial charge in [0.15, 0.2) is 5.17 Å². The van der Waals surface area contributed by atoms with Crippen LogP contribution in [0.2, 0.25) is 5.02 Å². The van der Waals surface area contributed by atoms with Gasteiger partial charge in [0.2, 0.25) is 0 Å². The molecule has 138 valence electrons. The van der Waals surface area contributed by atoms with Crippen LogP contribution in [0.1, 0.15) is 18.5 Å². The molecule has 0 fully saturated rings. The molecule has 0 aliphatic carbocycles. The summed E-state index contributed by atoms with van der Waals surface area (Å²) in [5.74, 6) is 1.52. The number of thioether (sulfide) groups is 1. The van der Waals surface area contributed by atoms with Crippen LogP contribution in [0.15, 0.2) is 83.9 Å². The second-order valence-corrected chi connectivity index (χ2v) is 7.16. The molecule has 0 aliphatic heterocycles. The molecule has 0 heterocycles. The van der Waals surface area contributed by atoms with Crippen molar-refractivity contribution in [1.82, 2.24) is 0 Å². The Morgan fingerprint density at radius 3 is 2.11 bits per heavy atom. The monoisotopic (exact) mass is 396 g/mol. The van der Waals surface area contributed by atoms with Crippen LogP contribution in [0.4, 0.5) is 5.69 Å². The zero-order valence-electron chi connectivity index (χ0n) is 15.2. The van der Waals surface area contributed by atoms with Crippen LogP contribution in [0, 0.1) is 0 Å². The maximum absolute atomic E-state index is 5.90. The zero-order chi connectivity index (χ0) is 19.1. The SMILES string of the molecule is CSC(=N[C@H](C)c1ccccc1)Nc1ccc(Oc2ccc(Cl)cc2)cc1. The van der Waals surface area contributed by atoms with Crippen molar-refractivity contribution in [3.05, 3.63) is 89.4 Å². The van der Waals surface area contributed by atoms with Crippen LogP contribution in [0.3, 0.4) is 0 Å². The number of ether oxygens (including phenoxy) is 1. The normalized spacial score (nSPS) is 12.5. The van der Waals surface area contributed by atoms with Crippen molar-refractivity contribution in [3.63, 3.8) is 0 Å². The molecule has 0 unspecified atom stereocenters. The summed E-state index contributed by atoms with van der Waals surface area (Å²) in [4.78, 5) is 4.78. The van der Waals surface area contributed by atoms with E-state index < -0.39 is 0 Å². The number of benzene rings is 3. The molecule has 3 nitrogen and oxygen atoms in total. The molecule has 1 N–H and O–H groups in total. The third kappa shape index (κ3) is 5.78. The number of anilines is 1. The van der Waals surface area contributed by atoms with E-state index in [0.29, 0.717) is 5.02 Å². The van der Waals surface area contributed by atoms with Crippen LogP contribution in [-0.4, -0.2) is 11.4 Å². The Morgan fingerprint density at radius 1 is 0.926 bits per heavy atom. The predicted octanol–water partition coefficient (Wildman–Crippen LogP) is 7.02. The number of nitrogens with one attached hydrogen (secondary N) is 1. The molecule has 0 amide bonds. The van der Waals surface area contributed by atoms with Gasteiger partial charge >= 0.3 is 0 Å². The number of aliphatic imine (C=N–C) groups is 1. The van der Waals surface area contributed by atoms with E-state index in [2.05, 4.69) is 24.4 Å². The third-order valence-corrected chi connectivity index (χ3v) is 4.79. The van der Waals surface area contributed by atoms with Gasteiger partial charge in [0.05, 0.1) is 6.04 Å². The van der Waals surface area contributed by atoms with Gasteiger partial charge in [0.1, 0.15) is 11.5 Å². The zero-order valence-corrected chi connectivity index (χ0v) is 16.8. The smallest absolute Gasteiger partial charge is 0.161 e. The minimum Gasteiger partial charge on any atom is -0.457 e. The summed E-state index contributed by atoms with van der Waals surface area (Å²) in [6.45, 7) is 2.09. The second kappa shape index (κ2) is 9.49. The fourth-order valence-electron chi connectivity index (χ4n) is 2.49. The summed E-state index contributed by atoms with van der Waals surface area (Å²) in [7, 11) is 0. The average Bonchev–Trinajstić information content (AvgIpc) is 2.71. The lowest BCUT2D eigenvalue weighted by Crippen LogP contribution is -2.09.